The van der Waals surface area contributed by atoms with E-state index in [9.17, 15) is 4.79 Å². The van der Waals surface area contributed by atoms with Crippen molar-refractivity contribution in [1.29, 1.82) is 0 Å². The second-order valence-corrected chi connectivity index (χ2v) is 6.07. The maximum Gasteiger partial charge on any atom is 0.223 e. The number of nitrogens with one attached hydrogen (secondary N) is 2. The summed E-state index contributed by atoms with van der Waals surface area (Å²) in [5.74, 6) is 0.516. The monoisotopic (exact) mass is 294 g/mol. The summed E-state index contributed by atoms with van der Waals surface area (Å²) in [6.45, 7) is 4.88. The summed E-state index contributed by atoms with van der Waals surface area (Å²) < 4.78 is 0. The van der Waals surface area contributed by atoms with Crippen LogP contribution in [-0.4, -0.2) is 19.0 Å². The highest BCUT2D eigenvalue weighted by Crippen LogP contribution is 2.58. The molecule has 2 aliphatic rings. The van der Waals surface area contributed by atoms with Crippen molar-refractivity contribution in [2.45, 2.75) is 32.7 Å². The number of benzene rings is 1. The summed E-state index contributed by atoms with van der Waals surface area (Å²) in [6, 6.07) is 8.35. The van der Waals surface area contributed by atoms with Crippen LogP contribution in [0.25, 0.3) is 0 Å². The highest BCUT2D eigenvalue weighted by atomic mass is 35.5. The van der Waals surface area contributed by atoms with E-state index in [4.69, 9.17) is 0 Å². The molecule has 0 bridgehead atoms. The van der Waals surface area contributed by atoms with Gasteiger partial charge in [0.05, 0.1) is 0 Å². The Morgan fingerprint density at radius 3 is 2.60 bits per heavy atom. The van der Waals surface area contributed by atoms with Gasteiger partial charge >= 0.3 is 0 Å². The Balaban J connectivity index is 0.00000147. The molecule has 1 aliphatic heterocycles. The van der Waals surface area contributed by atoms with E-state index in [1.165, 1.54) is 11.1 Å². The van der Waals surface area contributed by atoms with E-state index in [1.54, 1.807) is 0 Å². The first-order valence-electron chi connectivity index (χ1n) is 7.24. The zero-order valence-electron chi connectivity index (χ0n) is 11.9. The van der Waals surface area contributed by atoms with Gasteiger partial charge in [0.2, 0.25) is 5.91 Å². The van der Waals surface area contributed by atoms with Crippen LogP contribution < -0.4 is 10.6 Å². The number of carbonyl (C=O) groups is 1. The van der Waals surface area contributed by atoms with Crippen LogP contribution in [0.2, 0.25) is 0 Å². The molecule has 3 nitrogen and oxygen atoms in total. The van der Waals surface area contributed by atoms with Gasteiger partial charge in [0, 0.05) is 12.5 Å². The number of rotatable bonds is 3. The van der Waals surface area contributed by atoms with Crippen LogP contribution in [0.5, 0.6) is 0 Å². The van der Waals surface area contributed by atoms with Crippen LogP contribution in [0.15, 0.2) is 24.3 Å². The summed E-state index contributed by atoms with van der Waals surface area (Å²) in [5.41, 5.74) is 2.77. The van der Waals surface area contributed by atoms with Gasteiger partial charge in [0.15, 0.2) is 0 Å². The number of hydrogen-bond acceptors (Lipinski definition) is 2. The van der Waals surface area contributed by atoms with Gasteiger partial charge < -0.3 is 10.6 Å². The fraction of sp³-hybridized carbons (Fsp3) is 0.562. The van der Waals surface area contributed by atoms with Crippen molar-refractivity contribution in [1.82, 2.24) is 10.6 Å². The molecule has 1 aliphatic carbocycles. The molecule has 4 heteroatoms. The summed E-state index contributed by atoms with van der Waals surface area (Å²) in [5, 5.41) is 6.46. The lowest BCUT2D eigenvalue weighted by atomic mass is 9.92. The van der Waals surface area contributed by atoms with Crippen LogP contribution in [0.4, 0.5) is 0 Å². The first kappa shape index (κ1) is 15.3. The number of amides is 1. The number of piperidine rings is 1. The molecule has 1 aromatic rings. The third-order valence-electron chi connectivity index (χ3n) is 4.69. The molecule has 1 saturated carbocycles. The Labute approximate surface area is 126 Å². The quantitative estimate of drug-likeness (QED) is 0.899. The van der Waals surface area contributed by atoms with E-state index in [2.05, 4.69) is 41.8 Å². The molecular formula is C16H23ClN2O. The Kier molecular flexibility index (Phi) is 4.71. The van der Waals surface area contributed by atoms with Crippen LogP contribution in [-0.2, 0) is 11.3 Å². The van der Waals surface area contributed by atoms with Gasteiger partial charge in [-0.1, -0.05) is 29.8 Å². The van der Waals surface area contributed by atoms with E-state index < -0.39 is 0 Å². The molecule has 3 rings (SSSR count). The standard InChI is InChI=1S/C16H22N2O.ClH/c1-12-2-4-13(5-3-12)11-18-15(19)14-10-16(14)6-8-17-9-7-16;/h2-5,14,17H,6-11H2,1H3,(H,18,19);1H. The van der Waals surface area contributed by atoms with Crippen LogP contribution in [0.3, 0.4) is 0 Å². The zero-order valence-corrected chi connectivity index (χ0v) is 12.8. The lowest BCUT2D eigenvalue weighted by Gasteiger charge is -2.23. The lowest BCUT2D eigenvalue weighted by Crippen LogP contribution is -2.33. The Hall–Kier alpha value is -1.06. The van der Waals surface area contributed by atoms with Crippen LogP contribution >= 0.6 is 12.4 Å². The van der Waals surface area contributed by atoms with Gasteiger partial charge in [-0.2, -0.15) is 0 Å². The third kappa shape index (κ3) is 3.15. The molecule has 1 heterocycles. The first-order valence-corrected chi connectivity index (χ1v) is 7.24. The molecule has 1 aromatic carbocycles. The number of carbonyl (C=O) groups excluding carboxylic acids is 1. The molecule has 1 unspecified atom stereocenters. The minimum atomic E-state index is 0. The number of halogens is 1. The average Bonchev–Trinajstić information content (AvgIpc) is 3.12. The topological polar surface area (TPSA) is 41.1 Å². The predicted octanol–water partition coefficient (Wildman–Crippen LogP) is 2.42. The average molecular weight is 295 g/mol. The summed E-state index contributed by atoms with van der Waals surface area (Å²) >= 11 is 0. The Bertz CT molecular complexity index is 466. The van der Waals surface area contributed by atoms with Crippen molar-refractivity contribution < 1.29 is 4.79 Å². The van der Waals surface area contributed by atoms with Crippen molar-refractivity contribution in [3.63, 3.8) is 0 Å². The van der Waals surface area contributed by atoms with E-state index >= 15 is 0 Å². The maximum absolute atomic E-state index is 12.2. The normalized spacial score (nSPS) is 22.9. The highest BCUT2D eigenvalue weighted by molar-refractivity contribution is 5.85. The Morgan fingerprint density at radius 2 is 1.95 bits per heavy atom. The second-order valence-electron chi connectivity index (χ2n) is 6.07. The first-order chi connectivity index (χ1) is 9.20. The van der Waals surface area contributed by atoms with E-state index in [1.807, 2.05) is 0 Å². The maximum atomic E-state index is 12.2. The van der Waals surface area contributed by atoms with E-state index in [0.717, 1.165) is 32.4 Å². The van der Waals surface area contributed by atoms with Gasteiger partial charge in [0.25, 0.3) is 0 Å². The van der Waals surface area contributed by atoms with Gasteiger partial charge in [-0.25, -0.2) is 0 Å². The third-order valence-corrected chi connectivity index (χ3v) is 4.69. The van der Waals surface area contributed by atoms with Crippen molar-refractivity contribution in [3.05, 3.63) is 35.4 Å². The summed E-state index contributed by atoms with van der Waals surface area (Å²) in [4.78, 5) is 12.2. The molecule has 2 N–H and O–H groups in total. The van der Waals surface area contributed by atoms with Crippen molar-refractivity contribution in [2.75, 3.05) is 13.1 Å². The van der Waals surface area contributed by atoms with Crippen molar-refractivity contribution in [2.24, 2.45) is 11.3 Å². The van der Waals surface area contributed by atoms with E-state index in [0.29, 0.717) is 12.0 Å². The fourth-order valence-electron chi connectivity index (χ4n) is 3.21. The minimum Gasteiger partial charge on any atom is -0.352 e. The smallest absolute Gasteiger partial charge is 0.223 e. The molecular weight excluding hydrogens is 272 g/mol. The molecule has 1 spiro atoms. The molecule has 110 valence electrons. The Morgan fingerprint density at radius 1 is 1.30 bits per heavy atom. The molecule has 0 aromatic heterocycles. The molecule has 1 amide bonds. The molecule has 0 radical (unpaired) electrons. The largest absolute Gasteiger partial charge is 0.352 e. The zero-order chi connectivity index (χ0) is 13.3. The lowest BCUT2D eigenvalue weighted by molar-refractivity contribution is -0.123. The SMILES string of the molecule is Cc1ccc(CNC(=O)C2CC23CCNCC3)cc1.Cl. The minimum absolute atomic E-state index is 0. The number of aryl methyl sites for hydroxylation is 1. The summed E-state index contributed by atoms with van der Waals surface area (Å²) in [7, 11) is 0. The highest BCUT2D eigenvalue weighted by Gasteiger charge is 2.57. The second kappa shape index (κ2) is 6.15. The molecule has 1 atom stereocenters. The van der Waals surface area contributed by atoms with Crippen molar-refractivity contribution >= 4 is 18.3 Å². The van der Waals surface area contributed by atoms with Gasteiger partial charge in [-0.3, -0.25) is 4.79 Å². The van der Waals surface area contributed by atoms with Crippen LogP contribution in [0.1, 0.15) is 30.4 Å². The van der Waals surface area contributed by atoms with Gasteiger partial charge in [0.1, 0.15) is 0 Å². The van der Waals surface area contributed by atoms with Gasteiger partial charge in [-0.15, -0.1) is 12.4 Å². The molecule has 2 fully saturated rings. The molecule has 1 saturated heterocycles. The summed E-state index contributed by atoms with van der Waals surface area (Å²) in [6.07, 6.45) is 3.42. The van der Waals surface area contributed by atoms with Gasteiger partial charge in [-0.05, 0) is 50.3 Å². The molecule has 20 heavy (non-hydrogen) atoms. The van der Waals surface area contributed by atoms with E-state index in [-0.39, 0.29) is 24.2 Å². The number of hydrogen-bond donors (Lipinski definition) is 2. The fourth-order valence-corrected chi connectivity index (χ4v) is 3.21. The van der Waals surface area contributed by atoms with Crippen molar-refractivity contribution in [3.8, 4) is 0 Å². The predicted molar refractivity (Wildman–Crippen MR) is 82.9 cm³/mol. The van der Waals surface area contributed by atoms with Crippen LogP contribution in [0, 0.1) is 18.3 Å².